The van der Waals surface area contributed by atoms with Gasteiger partial charge in [0.05, 0.1) is 0 Å². The van der Waals surface area contributed by atoms with Gasteiger partial charge in [-0.25, -0.2) is 0 Å². The van der Waals surface area contributed by atoms with Crippen LogP contribution in [-0.2, 0) is 0 Å². The Hall–Kier alpha value is -7.42. The summed E-state index contributed by atoms with van der Waals surface area (Å²) in [5.41, 5.74) is 8.21. The minimum absolute atomic E-state index is 0.855. The molecule has 2 aromatic heterocycles. The molecule has 0 radical (unpaired) electrons. The first-order valence-corrected chi connectivity index (χ1v) is 19.2. The number of furan rings is 2. The van der Waals surface area contributed by atoms with Crippen LogP contribution in [0.5, 0.6) is 0 Å². The number of hydrogen-bond donors (Lipinski definition) is 0. The normalized spacial score (nSPS) is 12.3. The van der Waals surface area contributed by atoms with E-state index in [0.717, 1.165) is 55.0 Å². The van der Waals surface area contributed by atoms with Crippen molar-refractivity contribution in [1.82, 2.24) is 0 Å². The van der Waals surface area contributed by atoms with E-state index in [1.807, 2.05) is 0 Å². The molecule has 0 spiro atoms. The molecule has 0 bridgehead atoms. The van der Waals surface area contributed by atoms with Crippen LogP contribution < -0.4 is 0 Å². The first-order chi connectivity index (χ1) is 27.7. The molecule has 56 heavy (non-hydrogen) atoms. The zero-order valence-electron chi connectivity index (χ0n) is 30.1. The predicted octanol–water partition coefficient (Wildman–Crippen LogP) is 15.7. The van der Waals surface area contributed by atoms with E-state index in [9.17, 15) is 0 Å². The molecule has 0 fully saturated rings. The summed E-state index contributed by atoms with van der Waals surface area (Å²) in [5, 5.41) is 19.3. The highest BCUT2D eigenvalue weighted by atomic mass is 16.3. The van der Waals surface area contributed by atoms with Gasteiger partial charge in [0.25, 0.3) is 0 Å². The third kappa shape index (κ3) is 4.16. The maximum absolute atomic E-state index is 6.62. The Morgan fingerprint density at radius 1 is 0.232 bits per heavy atom. The fraction of sp³-hybridized carbons (Fsp3) is 0. The molecule has 2 nitrogen and oxygen atoms in total. The van der Waals surface area contributed by atoms with E-state index in [2.05, 4.69) is 182 Å². The molecule has 0 N–H and O–H groups in total. The first-order valence-electron chi connectivity index (χ1n) is 19.2. The lowest BCUT2D eigenvalue weighted by atomic mass is 9.89. The summed E-state index contributed by atoms with van der Waals surface area (Å²) in [5.74, 6) is 0. The van der Waals surface area contributed by atoms with Gasteiger partial charge in [-0.3, -0.25) is 0 Å². The highest BCUT2D eigenvalue weighted by molar-refractivity contribution is 6.25. The molecule has 11 aromatic carbocycles. The van der Waals surface area contributed by atoms with Crippen molar-refractivity contribution >= 4 is 109 Å². The minimum atomic E-state index is 0.855. The Morgan fingerprint density at radius 2 is 0.625 bits per heavy atom. The van der Waals surface area contributed by atoms with Crippen LogP contribution in [-0.4, -0.2) is 0 Å². The maximum atomic E-state index is 6.62. The zero-order chi connectivity index (χ0) is 36.5. The van der Waals surface area contributed by atoms with Crippen LogP contribution in [0.3, 0.4) is 0 Å². The summed E-state index contributed by atoms with van der Waals surface area (Å²) >= 11 is 0. The second kappa shape index (κ2) is 11.1. The van der Waals surface area contributed by atoms with Crippen LogP contribution in [0.2, 0.25) is 0 Å². The van der Waals surface area contributed by atoms with Crippen LogP contribution >= 0.6 is 0 Å². The van der Waals surface area contributed by atoms with Crippen molar-refractivity contribution in [1.29, 1.82) is 0 Å². The van der Waals surface area contributed by atoms with Gasteiger partial charge in [-0.1, -0.05) is 133 Å². The molecule has 258 valence electrons. The van der Waals surface area contributed by atoms with Crippen molar-refractivity contribution in [2.24, 2.45) is 0 Å². The van der Waals surface area contributed by atoms with Gasteiger partial charge in [-0.15, -0.1) is 0 Å². The van der Waals surface area contributed by atoms with Gasteiger partial charge in [0, 0.05) is 21.5 Å². The first kappa shape index (κ1) is 30.0. The van der Waals surface area contributed by atoms with Gasteiger partial charge in [-0.2, -0.15) is 0 Å². The summed E-state index contributed by atoms with van der Waals surface area (Å²) in [6.07, 6.45) is 0. The number of hydrogen-bond acceptors (Lipinski definition) is 2. The second-order valence-electron chi connectivity index (χ2n) is 15.2. The van der Waals surface area contributed by atoms with Gasteiger partial charge < -0.3 is 8.83 Å². The quantitative estimate of drug-likeness (QED) is 0.167. The molecule has 0 amide bonds. The molecule has 13 rings (SSSR count). The SMILES string of the molecule is c1ccc2c(c1)cc(-c1ccc3oc4cc5c(cc4c3c1)oc1ccc(-c3cc4ccccc4c4ccc6ccccc6c34)cc15)c1c3ccccc3ccc21. The van der Waals surface area contributed by atoms with Crippen LogP contribution in [0.4, 0.5) is 0 Å². The Morgan fingerprint density at radius 3 is 1.09 bits per heavy atom. The van der Waals surface area contributed by atoms with E-state index in [4.69, 9.17) is 8.83 Å². The van der Waals surface area contributed by atoms with Gasteiger partial charge >= 0.3 is 0 Å². The van der Waals surface area contributed by atoms with E-state index in [1.165, 1.54) is 75.8 Å². The number of benzene rings is 11. The highest BCUT2D eigenvalue weighted by Crippen LogP contribution is 2.44. The summed E-state index contributed by atoms with van der Waals surface area (Å²) in [4.78, 5) is 0. The van der Waals surface area contributed by atoms with Gasteiger partial charge in [0.2, 0.25) is 0 Å². The average molecular weight is 711 g/mol. The molecule has 0 aliphatic heterocycles. The van der Waals surface area contributed by atoms with E-state index in [1.54, 1.807) is 0 Å². The van der Waals surface area contributed by atoms with Gasteiger partial charge in [0.15, 0.2) is 0 Å². The third-order valence-electron chi connectivity index (χ3n) is 12.2. The average Bonchev–Trinajstić information content (AvgIpc) is 3.80. The Bertz CT molecular complexity index is 3570. The number of fused-ring (bicyclic) bond motifs is 16. The summed E-state index contributed by atoms with van der Waals surface area (Å²) in [7, 11) is 0. The fourth-order valence-electron chi connectivity index (χ4n) is 9.60. The lowest BCUT2D eigenvalue weighted by Crippen LogP contribution is -1.87. The summed E-state index contributed by atoms with van der Waals surface area (Å²) in [6, 6.07) is 66.2. The zero-order valence-corrected chi connectivity index (χ0v) is 30.1. The standard InChI is InChI=1S/C54H30O2/c1-7-15-39-31(9-1)17-21-41-37-13-5-3-11-33(37)25-43(53(39)41)35-19-23-49-45(27-35)47-29-52-48(30-51(47)55-49)46-28-36(20-24-50(46)56-52)44-26-34-12-4-6-14-38(34)42-22-18-32-10-2-8-16-40(32)54(42)44/h1-30H. The van der Waals surface area contributed by atoms with Crippen molar-refractivity contribution in [3.63, 3.8) is 0 Å². The Labute approximate surface area is 320 Å². The summed E-state index contributed by atoms with van der Waals surface area (Å²) < 4.78 is 13.2. The van der Waals surface area contributed by atoms with E-state index >= 15 is 0 Å². The molecule has 0 saturated heterocycles. The van der Waals surface area contributed by atoms with E-state index in [-0.39, 0.29) is 0 Å². The van der Waals surface area contributed by atoms with Crippen LogP contribution in [0.1, 0.15) is 0 Å². The van der Waals surface area contributed by atoms with Crippen molar-refractivity contribution in [3.05, 3.63) is 182 Å². The van der Waals surface area contributed by atoms with Crippen molar-refractivity contribution < 1.29 is 8.83 Å². The highest BCUT2D eigenvalue weighted by Gasteiger charge is 2.18. The van der Waals surface area contributed by atoms with Crippen LogP contribution in [0.25, 0.3) is 131 Å². The lowest BCUT2D eigenvalue weighted by molar-refractivity contribution is 0.664. The molecule has 0 aliphatic rings. The van der Waals surface area contributed by atoms with E-state index in [0.29, 0.717) is 0 Å². The molecular weight excluding hydrogens is 681 g/mol. The topological polar surface area (TPSA) is 26.3 Å². The van der Waals surface area contributed by atoms with Crippen LogP contribution in [0, 0.1) is 0 Å². The second-order valence-corrected chi connectivity index (χ2v) is 15.2. The molecule has 0 unspecified atom stereocenters. The fourth-order valence-corrected chi connectivity index (χ4v) is 9.60. The smallest absolute Gasteiger partial charge is 0.136 e. The van der Waals surface area contributed by atoms with Gasteiger partial charge in [-0.05, 0) is 135 Å². The van der Waals surface area contributed by atoms with Crippen molar-refractivity contribution in [2.45, 2.75) is 0 Å². The Balaban J connectivity index is 1.02. The molecule has 0 aliphatic carbocycles. The van der Waals surface area contributed by atoms with Crippen molar-refractivity contribution in [2.75, 3.05) is 0 Å². The third-order valence-corrected chi connectivity index (χ3v) is 12.2. The Kier molecular flexibility index (Phi) is 5.92. The molecule has 2 heterocycles. The monoisotopic (exact) mass is 710 g/mol. The molecule has 2 heteroatoms. The molecular formula is C54H30O2. The molecule has 0 atom stereocenters. The largest absolute Gasteiger partial charge is 0.456 e. The minimum Gasteiger partial charge on any atom is -0.456 e. The van der Waals surface area contributed by atoms with Crippen LogP contribution in [0.15, 0.2) is 191 Å². The maximum Gasteiger partial charge on any atom is 0.136 e. The number of rotatable bonds is 2. The molecule has 0 saturated carbocycles. The molecule has 13 aromatic rings. The predicted molar refractivity (Wildman–Crippen MR) is 237 cm³/mol. The van der Waals surface area contributed by atoms with E-state index < -0.39 is 0 Å². The van der Waals surface area contributed by atoms with Gasteiger partial charge in [0.1, 0.15) is 22.3 Å². The van der Waals surface area contributed by atoms with Crippen molar-refractivity contribution in [3.8, 4) is 22.3 Å². The summed E-state index contributed by atoms with van der Waals surface area (Å²) in [6.45, 7) is 0. The lowest BCUT2D eigenvalue weighted by Gasteiger charge is -2.14.